The Labute approximate surface area is 147 Å². The van der Waals surface area contributed by atoms with Crippen LogP contribution >= 0.6 is 0 Å². The summed E-state index contributed by atoms with van der Waals surface area (Å²) in [5.74, 6) is 0.105. The summed E-state index contributed by atoms with van der Waals surface area (Å²) in [5, 5.41) is 2.90. The van der Waals surface area contributed by atoms with Gasteiger partial charge >= 0.3 is 0 Å². The molecule has 1 aromatic heterocycles. The van der Waals surface area contributed by atoms with Crippen LogP contribution < -0.4 is 5.32 Å². The van der Waals surface area contributed by atoms with Gasteiger partial charge in [-0.1, -0.05) is 36.4 Å². The van der Waals surface area contributed by atoms with Gasteiger partial charge in [0, 0.05) is 25.3 Å². The third-order valence-electron chi connectivity index (χ3n) is 4.56. The average Bonchev–Trinajstić information content (AvgIpc) is 3.30. The minimum absolute atomic E-state index is 0.219. The van der Waals surface area contributed by atoms with E-state index in [1.807, 2.05) is 12.1 Å². The number of hydrogen-bond acceptors (Lipinski definition) is 3. The van der Waals surface area contributed by atoms with Crippen molar-refractivity contribution >= 4 is 11.6 Å². The maximum atomic E-state index is 12.1. The first-order valence-corrected chi connectivity index (χ1v) is 8.51. The lowest BCUT2D eigenvalue weighted by atomic mass is 10.1. The molecule has 0 fully saturated rings. The van der Waals surface area contributed by atoms with Crippen molar-refractivity contribution in [1.82, 2.24) is 4.90 Å². The van der Waals surface area contributed by atoms with Gasteiger partial charge in [0.1, 0.15) is 0 Å². The Balaban J connectivity index is 1.38. The average molecular weight is 332 g/mol. The van der Waals surface area contributed by atoms with Gasteiger partial charge in [0.25, 0.3) is 5.91 Å². The molecular weight excluding hydrogens is 312 g/mol. The molecule has 0 aliphatic carbocycles. The first-order chi connectivity index (χ1) is 12.3. The zero-order valence-electron chi connectivity index (χ0n) is 13.9. The smallest absolute Gasteiger partial charge is 0.291 e. The summed E-state index contributed by atoms with van der Waals surface area (Å²) in [6, 6.07) is 20.1. The summed E-state index contributed by atoms with van der Waals surface area (Å²) in [5.41, 5.74) is 4.80. The predicted octanol–water partition coefficient (Wildman–Crippen LogP) is 4.09. The Morgan fingerprint density at radius 3 is 2.64 bits per heavy atom. The molecule has 4 rings (SSSR count). The van der Waals surface area contributed by atoms with Gasteiger partial charge in [-0.2, -0.15) is 0 Å². The Bertz CT molecular complexity index is 857. The number of rotatable bonds is 5. The van der Waals surface area contributed by atoms with Gasteiger partial charge in [0.05, 0.1) is 6.26 Å². The van der Waals surface area contributed by atoms with E-state index in [0.29, 0.717) is 5.76 Å². The van der Waals surface area contributed by atoms with Crippen molar-refractivity contribution in [2.45, 2.75) is 19.5 Å². The molecule has 3 aromatic rings. The maximum Gasteiger partial charge on any atom is 0.291 e. The van der Waals surface area contributed by atoms with E-state index in [9.17, 15) is 4.79 Å². The van der Waals surface area contributed by atoms with Crippen LogP contribution in [0.15, 0.2) is 71.3 Å². The van der Waals surface area contributed by atoms with Gasteiger partial charge in [-0.3, -0.25) is 9.69 Å². The fraction of sp³-hybridized carbons (Fsp3) is 0.190. The summed E-state index contributed by atoms with van der Waals surface area (Å²) in [7, 11) is 0. The summed E-state index contributed by atoms with van der Waals surface area (Å²) in [6.45, 7) is 2.92. The molecule has 0 unspecified atom stereocenters. The maximum absolute atomic E-state index is 12.1. The molecule has 0 spiro atoms. The molecular formula is C21H20N2O2. The van der Waals surface area contributed by atoms with Crippen molar-refractivity contribution in [2.75, 3.05) is 11.9 Å². The van der Waals surface area contributed by atoms with Crippen molar-refractivity contribution in [3.05, 3.63) is 89.4 Å². The standard InChI is InChI=1S/C21H20N2O2/c24-21(20-7-4-12-25-20)22-19-9-8-17-14-23(15-18(17)13-19)11-10-16-5-2-1-3-6-16/h1-9,12-13H,10-11,14-15H2,(H,22,24). The number of nitrogens with one attached hydrogen (secondary N) is 1. The topological polar surface area (TPSA) is 45.5 Å². The van der Waals surface area contributed by atoms with Crippen LogP contribution in [-0.2, 0) is 19.5 Å². The highest BCUT2D eigenvalue weighted by Crippen LogP contribution is 2.26. The van der Waals surface area contributed by atoms with E-state index >= 15 is 0 Å². The number of benzene rings is 2. The SMILES string of the molecule is O=C(Nc1ccc2c(c1)CN(CCc1ccccc1)C2)c1ccco1. The summed E-state index contributed by atoms with van der Waals surface area (Å²) in [6.07, 6.45) is 2.55. The fourth-order valence-corrected chi connectivity index (χ4v) is 3.23. The highest BCUT2D eigenvalue weighted by Gasteiger charge is 2.19. The zero-order valence-corrected chi connectivity index (χ0v) is 13.9. The van der Waals surface area contributed by atoms with Gasteiger partial charge in [-0.25, -0.2) is 0 Å². The molecule has 0 saturated carbocycles. The van der Waals surface area contributed by atoms with Crippen molar-refractivity contribution in [1.29, 1.82) is 0 Å². The highest BCUT2D eigenvalue weighted by molar-refractivity contribution is 6.02. The molecule has 1 aliphatic rings. The van der Waals surface area contributed by atoms with Crippen LogP contribution in [0.2, 0.25) is 0 Å². The Kier molecular flexibility index (Phi) is 4.36. The summed E-state index contributed by atoms with van der Waals surface area (Å²) < 4.78 is 5.13. The predicted molar refractivity (Wildman–Crippen MR) is 97.4 cm³/mol. The molecule has 0 atom stereocenters. The first kappa shape index (κ1) is 15.7. The van der Waals surface area contributed by atoms with Crippen LogP contribution in [0.25, 0.3) is 0 Å². The van der Waals surface area contributed by atoms with Crippen LogP contribution in [0, 0.1) is 0 Å². The van der Waals surface area contributed by atoms with Crippen LogP contribution in [0.1, 0.15) is 27.2 Å². The minimum atomic E-state index is -0.219. The summed E-state index contributed by atoms with van der Waals surface area (Å²) in [4.78, 5) is 14.5. The Morgan fingerprint density at radius 1 is 1.00 bits per heavy atom. The Morgan fingerprint density at radius 2 is 1.84 bits per heavy atom. The van der Waals surface area contributed by atoms with Gasteiger partial charge in [-0.15, -0.1) is 0 Å². The number of furan rings is 1. The van der Waals surface area contributed by atoms with E-state index in [2.05, 4.69) is 46.6 Å². The lowest BCUT2D eigenvalue weighted by Crippen LogP contribution is -2.19. The molecule has 25 heavy (non-hydrogen) atoms. The number of carbonyl (C=O) groups excluding carboxylic acids is 1. The molecule has 4 heteroatoms. The number of anilines is 1. The molecule has 4 nitrogen and oxygen atoms in total. The lowest BCUT2D eigenvalue weighted by molar-refractivity contribution is 0.0996. The molecule has 126 valence electrons. The number of nitrogens with zero attached hydrogens (tertiary/aromatic N) is 1. The molecule has 1 aliphatic heterocycles. The quantitative estimate of drug-likeness (QED) is 0.765. The third kappa shape index (κ3) is 3.64. The lowest BCUT2D eigenvalue weighted by Gasteiger charge is -2.14. The van der Waals surface area contributed by atoms with E-state index in [-0.39, 0.29) is 5.91 Å². The molecule has 1 N–H and O–H groups in total. The van der Waals surface area contributed by atoms with E-state index in [1.165, 1.54) is 23.0 Å². The van der Waals surface area contributed by atoms with Gasteiger partial charge in [-0.05, 0) is 47.4 Å². The number of carbonyl (C=O) groups is 1. The molecule has 0 saturated heterocycles. The van der Waals surface area contributed by atoms with Crippen LogP contribution in [0.3, 0.4) is 0 Å². The number of fused-ring (bicyclic) bond motifs is 1. The van der Waals surface area contributed by atoms with Gasteiger partial charge < -0.3 is 9.73 Å². The first-order valence-electron chi connectivity index (χ1n) is 8.51. The highest BCUT2D eigenvalue weighted by atomic mass is 16.3. The second kappa shape index (κ2) is 6.95. The molecule has 2 aromatic carbocycles. The number of amides is 1. The van der Waals surface area contributed by atoms with E-state index in [4.69, 9.17) is 4.42 Å². The van der Waals surface area contributed by atoms with Crippen LogP contribution in [-0.4, -0.2) is 17.4 Å². The second-order valence-electron chi connectivity index (χ2n) is 6.36. The molecule has 1 amide bonds. The summed E-state index contributed by atoms with van der Waals surface area (Å²) >= 11 is 0. The molecule has 0 bridgehead atoms. The van der Waals surface area contributed by atoms with E-state index in [0.717, 1.165) is 31.7 Å². The van der Waals surface area contributed by atoms with Crippen molar-refractivity contribution in [2.24, 2.45) is 0 Å². The zero-order chi connectivity index (χ0) is 17.1. The molecule has 0 radical (unpaired) electrons. The largest absolute Gasteiger partial charge is 0.459 e. The van der Waals surface area contributed by atoms with Crippen molar-refractivity contribution < 1.29 is 9.21 Å². The second-order valence-corrected chi connectivity index (χ2v) is 6.36. The van der Waals surface area contributed by atoms with Gasteiger partial charge in [0.2, 0.25) is 0 Å². The van der Waals surface area contributed by atoms with Crippen molar-refractivity contribution in [3.63, 3.8) is 0 Å². The van der Waals surface area contributed by atoms with E-state index in [1.54, 1.807) is 12.1 Å². The van der Waals surface area contributed by atoms with Crippen molar-refractivity contribution in [3.8, 4) is 0 Å². The fourth-order valence-electron chi connectivity index (χ4n) is 3.23. The van der Waals surface area contributed by atoms with E-state index < -0.39 is 0 Å². The Hall–Kier alpha value is -2.85. The van der Waals surface area contributed by atoms with Crippen LogP contribution in [0.5, 0.6) is 0 Å². The number of hydrogen-bond donors (Lipinski definition) is 1. The minimum Gasteiger partial charge on any atom is -0.459 e. The van der Waals surface area contributed by atoms with Crippen LogP contribution in [0.4, 0.5) is 5.69 Å². The monoisotopic (exact) mass is 332 g/mol. The third-order valence-corrected chi connectivity index (χ3v) is 4.56. The normalized spacial score (nSPS) is 13.6. The molecule has 2 heterocycles. The van der Waals surface area contributed by atoms with Gasteiger partial charge in [0.15, 0.2) is 5.76 Å².